The van der Waals surface area contributed by atoms with Gasteiger partial charge in [0.05, 0.1) is 0 Å². The summed E-state index contributed by atoms with van der Waals surface area (Å²) < 4.78 is 0. The van der Waals surface area contributed by atoms with Gasteiger partial charge in [0.1, 0.15) is 0 Å². The van der Waals surface area contributed by atoms with E-state index in [9.17, 15) is 0 Å². The molecule has 3 rings (SSSR count). The molecule has 1 aromatic carbocycles. The Hall–Kier alpha value is -0.860. The Kier molecular flexibility index (Phi) is 3.40. The van der Waals surface area contributed by atoms with Gasteiger partial charge in [-0.05, 0) is 42.4 Å². The van der Waals surface area contributed by atoms with Crippen molar-refractivity contribution in [2.75, 3.05) is 6.54 Å². The highest BCUT2D eigenvalue weighted by molar-refractivity contribution is 5.34. The number of likely N-dealkylation sites (tertiary alicyclic amines) is 1. The van der Waals surface area contributed by atoms with E-state index in [1.165, 1.54) is 36.1 Å². The van der Waals surface area contributed by atoms with Crippen LogP contribution in [0.25, 0.3) is 0 Å². The average Bonchev–Trinajstić information content (AvgIpc) is 2.81. The van der Waals surface area contributed by atoms with E-state index in [0.29, 0.717) is 0 Å². The summed E-state index contributed by atoms with van der Waals surface area (Å²) in [5.74, 6) is 0.859. The van der Waals surface area contributed by atoms with Gasteiger partial charge in [-0.2, -0.15) is 0 Å². The summed E-state index contributed by atoms with van der Waals surface area (Å²) in [6, 6.07) is 7.77. The highest BCUT2D eigenvalue weighted by Gasteiger charge is 2.23. The second-order valence-corrected chi connectivity index (χ2v) is 6.17. The van der Waals surface area contributed by atoms with E-state index < -0.39 is 0 Å². The Bertz CT molecular complexity index is 427. The lowest BCUT2D eigenvalue weighted by atomic mass is 9.94. The number of nitrogens with one attached hydrogen (secondary N) is 1. The normalized spacial score (nSPS) is 28.3. The molecule has 1 aromatic rings. The van der Waals surface area contributed by atoms with Gasteiger partial charge in [-0.15, -0.1) is 0 Å². The van der Waals surface area contributed by atoms with Gasteiger partial charge >= 0.3 is 0 Å². The number of nitrogens with zero attached hydrogens (tertiary/aromatic N) is 1. The van der Waals surface area contributed by atoms with Crippen molar-refractivity contribution in [2.24, 2.45) is 5.92 Å². The van der Waals surface area contributed by atoms with Crippen molar-refractivity contribution in [1.82, 2.24) is 10.2 Å². The van der Waals surface area contributed by atoms with Gasteiger partial charge in [0.15, 0.2) is 0 Å². The maximum atomic E-state index is 3.42. The van der Waals surface area contributed by atoms with Crippen molar-refractivity contribution in [3.05, 3.63) is 34.9 Å². The smallest absolute Gasteiger partial charge is 0.0236 e. The molecule has 1 N–H and O–H groups in total. The largest absolute Gasteiger partial charge is 0.309 e. The van der Waals surface area contributed by atoms with Gasteiger partial charge in [0.2, 0.25) is 0 Å². The van der Waals surface area contributed by atoms with E-state index >= 15 is 0 Å². The summed E-state index contributed by atoms with van der Waals surface area (Å²) in [7, 11) is 0. The molecule has 0 aliphatic carbocycles. The summed E-state index contributed by atoms with van der Waals surface area (Å²) in [6.45, 7) is 9.24. The fourth-order valence-corrected chi connectivity index (χ4v) is 3.28. The van der Waals surface area contributed by atoms with Crippen LogP contribution in [0.3, 0.4) is 0 Å². The molecular formula is C16H24N2. The molecule has 0 radical (unpaired) electrons. The Morgan fingerprint density at radius 3 is 2.89 bits per heavy atom. The van der Waals surface area contributed by atoms with E-state index in [1.54, 1.807) is 0 Å². The van der Waals surface area contributed by atoms with E-state index in [4.69, 9.17) is 0 Å². The van der Waals surface area contributed by atoms with Gasteiger partial charge in [0.25, 0.3) is 0 Å². The molecule has 2 heteroatoms. The fourth-order valence-electron chi connectivity index (χ4n) is 3.28. The zero-order valence-electron chi connectivity index (χ0n) is 11.6. The van der Waals surface area contributed by atoms with Crippen LogP contribution in [0.2, 0.25) is 0 Å². The second kappa shape index (κ2) is 5.02. The summed E-state index contributed by atoms with van der Waals surface area (Å²) in [6.07, 6.45) is 2.75. The zero-order chi connectivity index (χ0) is 12.5. The van der Waals surface area contributed by atoms with Crippen LogP contribution in [0.1, 0.15) is 43.4 Å². The van der Waals surface area contributed by atoms with Crippen LogP contribution in [0.15, 0.2) is 18.2 Å². The number of hydrogen-bond donors (Lipinski definition) is 1. The second-order valence-electron chi connectivity index (χ2n) is 6.17. The third-order valence-corrected chi connectivity index (χ3v) is 4.53. The highest BCUT2D eigenvalue weighted by atomic mass is 15.2. The number of fused-ring (bicyclic) bond motifs is 1. The molecule has 0 bridgehead atoms. The van der Waals surface area contributed by atoms with Gasteiger partial charge in [-0.1, -0.05) is 25.1 Å². The number of hydrogen-bond acceptors (Lipinski definition) is 2. The van der Waals surface area contributed by atoms with Gasteiger partial charge in [0, 0.05) is 32.2 Å². The maximum Gasteiger partial charge on any atom is 0.0236 e. The molecule has 18 heavy (non-hydrogen) atoms. The molecule has 2 heterocycles. The van der Waals surface area contributed by atoms with Crippen LogP contribution in [0.5, 0.6) is 0 Å². The van der Waals surface area contributed by atoms with Crippen molar-refractivity contribution in [3.8, 4) is 0 Å². The topological polar surface area (TPSA) is 15.3 Å². The molecule has 2 aliphatic rings. The van der Waals surface area contributed by atoms with Crippen LogP contribution >= 0.6 is 0 Å². The standard InChI is InChI=1S/C16H24N2/c1-12-3-4-13(2)18(10-12)11-14-5-6-15-8-17-9-16(15)7-14/h5-7,12-13,17H,3-4,8-11H2,1-2H3. The first-order chi connectivity index (χ1) is 8.72. The highest BCUT2D eigenvalue weighted by Crippen LogP contribution is 2.24. The van der Waals surface area contributed by atoms with Crippen LogP contribution in [0, 0.1) is 5.92 Å². The van der Waals surface area contributed by atoms with Gasteiger partial charge in [-0.25, -0.2) is 0 Å². The number of piperidine rings is 1. The lowest BCUT2D eigenvalue weighted by molar-refractivity contribution is 0.117. The SMILES string of the molecule is CC1CCC(C)N(Cc2ccc3c(c2)CNC3)C1. The quantitative estimate of drug-likeness (QED) is 0.860. The monoisotopic (exact) mass is 244 g/mol. The first kappa shape index (κ1) is 12.2. The molecule has 0 amide bonds. The number of benzene rings is 1. The molecular weight excluding hydrogens is 220 g/mol. The van der Waals surface area contributed by atoms with Crippen molar-refractivity contribution in [1.29, 1.82) is 0 Å². The van der Waals surface area contributed by atoms with Crippen molar-refractivity contribution in [3.63, 3.8) is 0 Å². The Labute approximate surface area is 110 Å². The van der Waals surface area contributed by atoms with E-state index in [0.717, 1.165) is 31.6 Å². The third-order valence-electron chi connectivity index (χ3n) is 4.53. The summed E-state index contributed by atoms with van der Waals surface area (Å²) in [5, 5.41) is 3.42. The minimum atomic E-state index is 0.743. The first-order valence-corrected chi connectivity index (χ1v) is 7.28. The molecule has 98 valence electrons. The van der Waals surface area contributed by atoms with Crippen LogP contribution in [0.4, 0.5) is 0 Å². The van der Waals surface area contributed by atoms with Crippen LogP contribution in [-0.4, -0.2) is 17.5 Å². The first-order valence-electron chi connectivity index (χ1n) is 7.28. The predicted molar refractivity (Wildman–Crippen MR) is 75.3 cm³/mol. The van der Waals surface area contributed by atoms with Crippen LogP contribution in [-0.2, 0) is 19.6 Å². The lowest BCUT2D eigenvalue weighted by Gasteiger charge is -2.36. The third kappa shape index (κ3) is 2.45. The van der Waals surface area contributed by atoms with E-state index in [-0.39, 0.29) is 0 Å². The molecule has 2 unspecified atom stereocenters. The summed E-state index contributed by atoms with van der Waals surface area (Å²) in [4.78, 5) is 2.65. The Morgan fingerprint density at radius 2 is 2.00 bits per heavy atom. The molecule has 0 aromatic heterocycles. The molecule has 2 nitrogen and oxygen atoms in total. The fraction of sp³-hybridized carbons (Fsp3) is 0.625. The molecule has 2 atom stereocenters. The van der Waals surface area contributed by atoms with E-state index in [2.05, 4.69) is 42.3 Å². The Morgan fingerprint density at radius 1 is 1.17 bits per heavy atom. The van der Waals surface area contributed by atoms with Crippen molar-refractivity contribution >= 4 is 0 Å². The van der Waals surface area contributed by atoms with E-state index in [1.807, 2.05) is 0 Å². The lowest BCUT2D eigenvalue weighted by Crippen LogP contribution is -2.40. The molecule has 0 spiro atoms. The van der Waals surface area contributed by atoms with Gasteiger partial charge < -0.3 is 5.32 Å². The molecule has 1 saturated heterocycles. The summed E-state index contributed by atoms with van der Waals surface area (Å²) >= 11 is 0. The molecule has 0 saturated carbocycles. The minimum absolute atomic E-state index is 0.743. The zero-order valence-corrected chi connectivity index (χ0v) is 11.6. The average molecular weight is 244 g/mol. The van der Waals surface area contributed by atoms with Crippen molar-refractivity contribution < 1.29 is 0 Å². The summed E-state index contributed by atoms with van der Waals surface area (Å²) in [5.41, 5.74) is 4.47. The minimum Gasteiger partial charge on any atom is -0.309 e. The Balaban J connectivity index is 1.72. The number of rotatable bonds is 2. The molecule has 1 fully saturated rings. The predicted octanol–water partition coefficient (Wildman–Crippen LogP) is 2.91. The van der Waals surface area contributed by atoms with Crippen LogP contribution < -0.4 is 5.32 Å². The maximum absolute atomic E-state index is 3.42. The van der Waals surface area contributed by atoms with Crippen molar-refractivity contribution in [2.45, 2.75) is 52.4 Å². The molecule has 2 aliphatic heterocycles. The van der Waals surface area contributed by atoms with Gasteiger partial charge in [-0.3, -0.25) is 4.90 Å².